The second kappa shape index (κ2) is 8.74. The van der Waals surface area contributed by atoms with Gasteiger partial charge in [-0.15, -0.1) is 0 Å². The quantitative estimate of drug-likeness (QED) is 0.551. The summed E-state index contributed by atoms with van der Waals surface area (Å²) in [5.74, 6) is -0.229. The van der Waals surface area contributed by atoms with Gasteiger partial charge in [-0.1, -0.05) is 0 Å². The molecule has 1 aliphatic carbocycles. The first kappa shape index (κ1) is 22.9. The predicted octanol–water partition coefficient (Wildman–Crippen LogP) is 3.57. The molecule has 2 aliphatic rings. The number of carbonyl (C=O) groups is 1. The number of hydrogen-bond donors (Lipinski definition) is 0. The first-order valence-electron chi connectivity index (χ1n) is 11.7. The average molecular weight is 486 g/mol. The standard InChI is InChI=1S/C24H28FN5O3S/c1-16(2)30-23-21(15-26-30)20(14-22(27-23)17-4-5-17)24(31)28-10-3-11-29(13-12-28)34(32,33)19-8-6-18(25)7-9-19/h6-9,14-17H,3-5,10-13H2,1-2H3. The summed E-state index contributed by atoms with van der Waals surface area (Å²) in [5, 5.41) is 5.20. The Kier molecular flexibility index (Phi) is 5.89. The summed E-state index contributed by atoms with van der Waals surface area (Å²) in [7, 11) is -3.76. The summed E-state index contributed by atoms with van der Waals surface area (Å²) in [6, 6.07) is 6.85. The molecule has 0 unspecified atom stereocenters. The zero-order chi connectivity index (χ0) is 24.0. The van der Waals surface area contributed by atoms with Crippen LogP contribution in [-0.4, -0.2) is 64.5 Å². The average Bonchev–Trinajstić information content (AvgIpc) is 3.61. The molecule has 10 heteroatoms. The molecule has 0 N–H and O–H groups in total. The molecule has 5 rings (SSSR count). The molecule has 0 atom stereocenters. The van der Waals surface area contributed by atoms with Crippen molar-refractivity contribution in [2.45, 2.75) is 50.0 Å². The fourth-order valence-corrected chi connectivity index (χ4v) is 5.91. The van der Waals surface area contributed by atoms with Crippen LogP contribution in [0.2, 0.25) is 0 Å². The summed E-state index contributed by atoms with van der Waals surface area (Å²) in [4.78, 5) is 20.3. The van der Waals surface area contributed by atoms with E-state index in [4.69, 9.17) is 4.98 Å². The van der Waals surface area contributed by atoms with E-state index >= 15 is 0 Å². The molecule has 34 heavy (non-hydrogen) atoms. The Morgan fingerprint density at radius 3 is 2.50 bits per heavy atom. The maximum Gasteiger partial charge on any atom is 0.254 e. The van der Waals surface area contributed by atoms with E-state index in [2.05, 4.69) is 5.10 Å². The lowest BCUT2D eigenvalue weighted by Crippen LogP contribution is -2.37. The molecule has 1 saturated heterocycles. The van der Waals surface area contributed by atoms with E-state index < -0.39 is 15.8 Å². The van der Waals surface area contributed by atoms with Crippen molar-refractivity contribution in [3.8, 4) is 0 Å². The van der Waals surface area contributed by atoms with Gasteiger partial charge in [-0.3, -0.25) is 4.79 Å². The van der Waals surface area contributed by atoms with Crippen LogP contribution in [0.1, 0.15) is 61.1 Å². The molecule has 0 bridgehead atoms. The van der Waals surface area contributed by atoms with E-state index in [0.717, 1.165) is 41.7 Å². The van der Waals surface area contributed by atoms with Gasteiger partial charge in [0, 0.05) is 43.8 Å². The van der Waals surface area contributed by atoms with Gasteiger partial charge < -0.3 is 4.90 Å². The van der Waals surface area contributed by atoms with Crippen molar-refractivity contribution in [3.05, 3.63) is 53.6 Å². The van der Waals surface area contributed by atoms with E-state index in [9.17, 15) is 17.6 Å². The van der Waals surface area contributed by atoms with Gasteiger partial charge in [0.2, 0.25) is 10.0 Å². The Hall–Kier alpha value is -2.85. The van der Waals surface area contributed by atoms with Crippen molar-refractivity contribution in [1.29, 1.82) is 0 Å². The van der Waals surface area contributed by atoms with E-state index in [1.165, 1.54) is 16.4 Å². The molecule has 0 radical (unpaired) electrons. The van der Waals surface area contributed by atoms with Gasteiger partial charge in [0.15, 0.2) is 5.65 Å². The predicted molar refractivity (Wildman–Crippen MR) is 126 cm³/mol. The summed E-state index contributed by atoms with van der Waals surface area (Å²) in [5.41, 5.74) is 2.22. The lowest BCUT2D eigenvalue weighted by atomic mass is 10.1. The van der Waals surface area contributed by atoms with Crippen LogP contribution < -0.4 is 0 Å². The molecule has 1 saturated carbocycles. The molecule has 1 aromatic carbocycles. The summed E-state index contributed by atoms with van der Waals surface area (Å²) in [6.45, 7) is 5.28. The van der Waals surface area contributed by atoms with Crippen molar-refractivity contribution < 1.29 is 17.6 Å². The molecule has 8 nitrogen and oxygen atoms in total. The van der Waals surface area contributed by atoms with Crippen LogP contribution in [0.4, 0.5) is 4.39 Å². The van der Waals surface area contributed by atoms with Gasteiger partial charge >= 0.3 is 0 Å². The third-order valence-corrected chi connectivity index (χ3v) is 8.41. The first-order valence-corrected chi connectivity index (χ1v) is 13.1. The number of pyridine rings is 1. The highest BCUT2D eigenvalue weighted by Gasteiger charge is 2.32. The van der Waals surface area contributed by atoms with Crippen LogP contribution in [0, 0.1) is 5.82 Å². The number of sulfonamides is 1. The summed E-state index contributed by atoms with van der Waals surface area (Å²) < 4.78 is 42.6. The minimum Gasteiger partial charge on any atom is -0.337 e. The zero-order valence-electron chi connectivity index (χ0n) is 19.3. The molecular formula is C24H28FN5O3S. The van der Waals surface area contributed by atoms with E-state index in [1.807, 2.05) is 24.6 Å². The zero-order valence-corrected chi connectivity index (χ0v) is 20.1. The molecule has 0 spiro atoms. The van der Waals surface area contributed by atoms with Gasteiger partial charge in [0.05, 0.1) is 22.0 Å². The van der Waals surface area contributed by atoms with E-state index in [-0.39, 0.29) is 29.9 Å². The summed E-state index contributed by atoms with van der Waals surface area (Å²) >= 11 is 0. The van der Waals surface area contributed by atoms with Crippen LogP contribution in [0.25, 0.3) is 11.0 Å². The maximum absolute atomic E-state index is 13.7. The lowest BCUT2D eigenvalue weighted by molar-refractivity contribution is 0.0766. The minimum absolute atomic E-state index is 0.0553. The lowest BCUT2D eigenvalue weighted by Gasteiger charge is -2.22. The van der Waals surface area contributed by atoms with E-state index in [1.54, 1.807) is 11.1 Å². The number of carbonyl (C=O) groups excluding carboxylic acids is 1. The van der Waals surface area contributed by atoms with Crippen LogP contribution in [0.3, 0.4) is 0 Å². The highest BCUT2D eigenvalue weighted by Crippen LogP contribution is 2.40. The molecule has 2 aromatic heterocycles. The molecule has 2 fully saturated rings. The van der Waals surface area contributed by atoms with Crippen LogP contribution in [0.5, 0.6) is 0 Å². The summed E-state index contributed by atoms with van der Waals surface area (Å²) in [6.07, 6.45) is 4.36. The number of aromatic nitrogens is 3. The SMILES string of the molecule is CC(C)n1ncc2c(C(=O)N3CCCN(S(=O)(=O)c4ccc(F)cc4)CC3)cc(C3CC3)nc21. The Morgan fingerprint density at radius 2 is 1.82 bits per heavy atom. The maximum atomic E-state index is 13.7. The smallest absolute Gasteiger partial charge is 0.254 e. The highest BCUT2D eigenvalue weighted by molar-refractivity contribution is 7.89. The van der Waals surface area contributed by atoms with Gasteiger partial charge in [-0.25, -0.2) is 22.5 Å². The Morgan fingerprint density at radius 1 is 1.09 bits per heavy atom. The number of amides is 1. The Bertz CT molecular complexity index is 1330. The van der Waals surface area contributed by atoms with Crippen molar-refractivity contribution in [3.63, 3.8) is 0 Å². The number of hydrogen-bond acceptors (Lipinski definition) is 5. The number of benzene rings is 1. The van der Waals surface area contributed by atoms with Crippen LogP contribution in [0.15, 0.2) is 41.4 Å². The van der Waals surface area contributed by atoms with Crippen molar-refractivity contribution in [1.82, 2.24) is 24.0 Å². The first-order chi connectivity index (χ1) is 16.3. The van der Waals surface area contributed by atoms with Crippen molar-refractivity contribution >= 4 is 27.0 Å². The van der Waals surface area contributed by atoms with Gasteiger partial charge in [0.1, 0.15) is 5.82 Å². The number of rotatable bonds is 5. The second-order valence-electron chi connectivity index (χ2n) is 9.29. The second-order valence-corrected chi connectivity index (χ2v) is 11.2. The highest BCUT2D eigenvalue weighted by atomic mass is 32.2. The number of nitrogens with zero attached hydrogens (tertiary/aromatic N) is 5. The van der Waals surface area contributed by atoms with Crippen molar-refractivity contribution in [2.24, 2.45) is 0 Å². The van der Waals surface area contributed by atoms with Gasteiger partial charge in [-0.2, -0.15) is 9.40 Å². The molecule has 1 amide bonds. The van der Waals surface area contributed by atoms with Crippen LogP contribution >= 0.6 is 0 Å². The Labute approximate surface area is 198 Å². The van der Waals surface area contributed by atoms with Gasteiger partial charge in [-0.05, 0) is 63.4 Å². The normalized spacial score (nSPS) is 17.9. The number of halogens is 1. The molecule has 180 valence electrons. The molecular weight excluding hydrogens is 457 g/mol. The topological polar surface area (TPSA) is 88.4 Å². The fourth-order valence-electron chi connectivity index (χ4n) is 4.44. The van der Waals surface area contributed by atoms with Gasteiger partial charge in [0.25, 0.3) is 5.91 Å². The molecule has 1 aliphatic heterocycles. The number of fused-ring (bicyclic) bond motifs is 1. The monoisotopic (exact) mass is 485 g/mol. The minimum atomic E-state index is -3.76. The third-order valence-electron chi connectivity index (χ3n) is 6.50. The molecule has 3 aromatic rings. The third kappa shape index (κ3) is 4.20. The largest absolute Gasteiger partial charge is 0.337 e. The van der Waals surface area contributed by atoms with Crippen LogP contribution in [-0.2, 0) is 10.0 Å². The molecule has 3 heterocycles. The Balaban J connectivity index is 1.41. The van der Waals surface area contributed by atoms with Crippen molar-refractivity contribution in [2.75, 3.05) is 26.2 Å². The van der Waals surface area contributed by atoms with E-state index in [0.29, 0.717) is 31.0 Å². The fraction of sp³-hybridized carbons (Fsp3) is 0.458.